The van der Waals surface area contributed by atoms with Crippen LogP contribution in [0.1, 0.15) is 65.8 Å². The summed E-state index contributed by atoms with van der Waals surface area (Å²) in [5.74, 6) is -0.454. The lowest BCUT2D eigenvalue weighted by Crippen LogP contribution is -2.47. The van der Waals surface area contributed by atoms with Crippen LogP contribution >= 0.6 is 0 Å². The molecule has 8 nitrogen and oxygen atoms in total. The highest BCUT2D eigenvalue weighted by Gasteiger charge is 2.46. The van der Waals surface area contributed by atoms with Crippen LogP contribution in [0.25, 0.3) is 9.69 Å². The number of rotatable bonds is 8. The second-order valence-electron chi connectivity index (χ2n) is 14.8. The Kier molecular flexibility index (Phi) is 13.5. The third-order valence-corrected chi connectivity index (χ3v) is 10.1. The Hall–Kier alpha value is -5.49. The quantitative estimate of drug-likeness (QED) is 0.137. The van der Waals surface area contributed by atoms with Crippen LogP contribution in [-0.2, 0) is 46.2 Å². The molecule has 0 radical (unpaired) electrons. The van der Waals surface area contributed by atoms with Crippen LogP contribution in [-0.4, -0.2) is 54.1 Å². The van der Waals surface area contributed by atoms with Gasteiger partial charge in [-0.05, 0) is 87.4 Å². The number of halogens is 3. The van der Waals surface area contributed by atoms with Gasteiger partial charge in [-0.3, -0.25) is 9.59 Å². The number of nitrogens with one attached hydrogen (secondary N) is 1. The maximum Gasteiger partial charge on any atom is 0.407 e. The molecule has 0 unspecified atom stereocenters. The standard InChI is InChI=1S/C22H24N2O2.C13H10F3NO2.C9H11N.CH4/c1-15-5-8-20-18(11-15)9-10-24(20)14-22(3,26)21(25)13-17-6-7-19(23-4)16(2)12-17;1-12(7-19-12)11(18)6-8-3-4-10(17-2)9(5-8)13(14,15)16;1-7-2-3-9-8(6-7)4-5-10-9;/h5-8,11-12,26H,9-10,13-14H2,1-3H3;3-5H,6-7H2,1H3;2-3,6,10H,4-5H2,1H3;1H4/t22-;12-;;/m00../s1. The highest BCUT2D eigenvalue weighted by Crippen LogP contribution is 2.38. The number of carbonyl (C=O) groups is 2. The molecule has 0 bridgehead atoms. The van der Waals surface area contributed by atoms with Crippen LogP contribution in [0.2, 0.25) is 0 Å². The van der Waals surface area contributed by atoms with Crippen molar-refractivity contribution in [3.05, 3.63) is 140 Å². The van der Waals surface area contributed by atoms with E-state index in [2.05, 4.69) is 70.2 Å². The monoisotopic (exact) mass is 766 g/mol. The first-order valence-corrected chi connectivity index (χ1v) is 18.1. The summed E-state index contributed by atoms with van der Waals surface area (Å²) >= 11 is 0. The molecular weight excluding hydrogens is 718 g/mol. The Morgan fingerprint density at radius 3 is 2.09 bits per heavy atom. The molecule has 294 valence electrons. The molecule has 0 aliphatic carbocycles. The molecule has 2 N–H and O–H groups in total. The molecule has 4 aromatic rings. The van der Waals surface area contributed by atoms with Crippen LogP contribution in [0.4, 0.5) is 35.9 Å². The van der Waals surface area contributed by atoms with E-state index in [0.717, 1.165) is 48.5 Å². The molecule has 3 heterocycles. The second kappa shape index (κ2) is 17.5. The first-order valence-electron chi connectivity index (χ1n) is 18.1. The molecule has 0 spiro atoms. The van der Waals surface area contributed by atoms with Crippen molar-refractivity contribution >= 4 is 34.3 Å². The number of fused-ring (bicyclic) bond motifs is 2. The number of anilines is 2. The highest BCUT2D eigenvalue weighted by atomic mass is 19.4. The summed E-state index contributed by atoms with van der Waals surface area (Å²) < 4.78 is 43.2. The molecule has 4 aromatic carbocycles. The number of alkyl halides is 3. The molecule has 1 fully saturated rings. The first kappa shape index (κ1) is 43.2. The van der Waals surface area contributed by atoms with Gasteiger partial charge in [0.05, 0.1) is 31.9 Å². The summed E-state index contributed by atoms with van der Waals surface area (Å²) in [6, 6.07) is 21.6. The van der Waals surface area contributed by atoms with Gasteiger partial charge in [0.1, 0.15) is 11.2 Å². The third-order valence-electron chi connectivity index (χ3n) is 10.1. The average molecular weight is 767 g/mol. The van der Waals surface area contributed by atoms with E-state index in [1.807, 2.05) is 13.0 Å². The van der Waals surface area contributed by atoms with Gasteiger partial charge in [0, 0.05) is 37.3 Å². The summed E-state index contributed by atoms with van der Waals surface area (Å²) in [7, 11) is 0. The Morgan fingerprint density at radius 1 is 0.875 bits per heavy atom. The predicted octanol–water partition coefficient (Wildman–Crippen LogP) is 9.54. The first-order chi connectivity index (χ1) is 25.9. The Bertz CT molecular complexity index is 2180. The predicted molar refractivity (Wildman–Crippen MR) is 215 cm³/mol. The van der Waals surface area contributed by atoms with Crippen molar-refractivity contribution in [2.45, 2.75) is 85.1 Å². The second-order valence-corrected chi connectivity index (χ2v) is 14.8. The molecule has 11 heteroatoms. The van der Waals surface area contributed by atoms with Gasteiger partial charge in [-0.2, -0.15) is 13.2 Å². The summed E-state index contributed by atoms with van der Waals surface area (Å²) in [6.07, 6.45) is -2.42. The molecular formula is C45H49F3N4O4. The van der Waals surface area contributed by atoms with E-state index in [4.69, 9.17) is 17.9 Å². The molecule has 1 saturated heterocycles. The molecule has 56 heavy (non-hydrogen) atoms. The molecule has 0 aromatic heterocycles. The molecule has 3 aliphatic heterocycles. The number of aryl methyl sites for hydroxylation is 3. The average Bonchev–Trinajstić information content (AvgIpc) is 3.52. The number of aliphatic hydroxyl groups is 1. The molecule has 2 atom stereocenters. The lowest BCUT2D eigenvalue weighted by Gasteiger charge is -2.29. The van der Waals surface area contributed by atoms with Crippen LogP contribution < -0.4 is 10.2 Å². The fourth-order valence-electron chi connectivity index (χ4n) is 6.64. The van der Waals surface area contributed by atoms with E-state index in [1.165, 1.54) is 40.4 Å². The van der Waals surface area contributed by atoms with Crippen molar-refractivity contribution in [2.24, 2.45) is 0 Å². The molecule has 0 saturated carbocycles. The van der Waals surface area contributed by atoms with E-state index < -0.39 is 28.6 Å². The van der Waals surface area contributed by atoms with Gasteiger partial charge in [0.25, 0.3) is 0 Å². The zero-order valence-electron chi connectivity index (χ0n) is 31.7. The van der Waals surface area contributed by atoms with Crippen molar-refractivity contribution in [3.8, 4) is 0 Å². The third kappa shape index (κ3) is 10.6. The van der Waals surface area contributed by atoms with Crippen molar-refractivity contribution in [1.82, 2.24) is 0 Å². The maximum atomic E-state index is 12.7. The van der Waals surface area contributed by atoms with Gasteiger partial charge in [-0.15, -0.1) is 0 Å². The minimum Gasteiger partial charge on any atom is -0.384 e. The number of hydrogen-bond donors (Lipinski definition) is 2. The number of epoxide rings is 1. The Balaban J connectivity index is 0.000000202. The number of ketones is 2. The van der Waals surface area contributed by atoms with Crippen molar-refractivity contribution < 1.29 is 32.6 Å². The van der Waals surface area contributed by atoms with Gasteiger partial charge < -0.3 is 20.1 Å². The van der Waals surface area contributed by atoms with Crippen LogP contribution in [0, 0.1) is 33.9 Å². The smallest absolute Gasteiger partial charge is 0.384 e. The van der Waals surface area contributed by atoms with E-state index in [0.29, 0.717) is 18.8 Å². The van der Waals surface area contributed by atoms with E-state index >= 15 is 0 Å². The van der Waals surface area contributed by atoms with Gasteiger partial charge in [-0.25, -0.2) is 9.69 Å². The summed E-state index contributed by atoms with van der Waals surface area (Å²) in [5, 5.41) is 14.1. The highest BCUT2D eigenvalue weighted by molar-refractivity contribution is 5.91. The van der Waals surface area contributed by atoms with Crippen molar-refractivity contribution in [2.75, 3.05) is 36.5 Å². The molecule has 7 rings (SSSR count). The molecule has 0 amide bonds. The number of Topliss-reactive ketones (excluding diaryl/α,β-unsaturated/α-hetero) is 2. The zero-order valence-corrected chi connectivity index (χ0v) is 31.7. The van der Waals surface area contributed by atoms with Gasteiger partial charge in [0.15, 0.2) is 22.9 Å². The topological polar surface area (TPSA) is 90.9 Å². The van der Waals surface area contributed by atoms with Gasteiger partial charge in [-0.1, -0.05) is 79.2 Å². The SMILES string of the molecule is C.Cc1ccc2c(c1)CCN2.[C-]#[N+]c1ccc(CC(=O)[C@@](C)(O)CN2CCc3cc(C)ccc32)cc1C.[C-]#[N+]c1ccc(CC(=O)[C@]2(C)CO2)cc1C(F)(F)F. The van der Waals surface area contributed by atoms with Crippen LogP contribution in [0.5, 0.6) is 0 Å². The summed E-state index contributed by atoms with van der Waals surface area (Å²) in [6.45, 7) is 25.6. The summed E-state index contributed by atoms with van der Waals surface area (Å²) in [4.78, 5) is 32.8. The number of ether oxygens (including phenoxy) is 1. The lowest BCUT2D eigenvalue weighted by atomic mass is 9.93. The Labute approximate surface area is 328 Å². The number of β-amino-alcohol motifs (C(OH)–C–C–N with tert-alkyl or cyclic N) is 1. The van der Waals surface area contributed by atoms with Crippen molar-refractivity contribution in [1.29, 1.82) is 0 Å². The fourth-order valence-corrected chi connectivity index (χ4v) is 6.64. The van der Waals surface area contributed by atoms with Crippen molar-refractivity contribution in [3.63, 3.8) is 0 Å². The van der Waals surface area contributed by atoms with Crippen LogP contribution in [0.3, 0.4) is 0 Å². The number of hydrogen-bond acceptors (Lipinski definition) is 6. The van der Waals surface area contributed by atoms with E-state index in [-0.39, 0.29) is 37.4 Å². The maximum absolute atomic E-state index is 12.7. The molecule has 3 aliphatic rings. The summed E-state index contributed by atoms with van der Waals surface area (Å²) in [5.41, 5.74) is 6.56. The largest absolute Gasteiger partial charge is 0.407 e. The zero-order chi connectivity index (χ0) is 40.1. The van der Waals surface area contributed by atoms with E-state index in [1.54, 1.807) is 26.0 Å². The van der Waals surface area contributed by atoms with Gasteiger partial charge in [0.2, 0.25) is 0 Å². The minimum atomic E-state index is -4.60. The number of benzene rings is 4. The lowest BCUT2D eigenvalue weighted by molar-refractivity contribution is -0.137. The van der Waals surface area contributed by atoms with Gasteiger partial charge >= 0.3 is 6.18 Å². The fraction of sp³-hybridized carbons (Fsp3) is 0.378. The normalized spacial score (nSPS) is 17.1. The minimum absolute atomic E-state index is 0. The Morgan fingerprint density at radius 2 is 1.48 bits per heavy atom. The number of carbonyl (C=O) groups excluding carboxylic acids is 2. The van der Waals surface area contributed by atoms with Crippen LogP contribution in [0.15, 0.2) is 72.8 Å². The number of nitrogens with zero attached hydrogens (tertiary/aromatic N) is 3. The van der Waals surface area contributed by atoms with E-state index in [9.17, 15) is 27.9 Å².